The van der Waals surface area contributed by atoms with Gasteiger partial charge in [0.1, 0.15) is 6.34 Å². The number of rotatable bonds is 0. The van der Waals surface area contributed by atoms with Crippen molar-refractivity contribution in [3.8, 4) is 0 Å². The van der Waals surface area contributed by atoms with Gasteiger partial charge >= 0.3 is 0 Å². The molecule has 1 heterocycles. The number of hydrogen-bond acceptors (Lipinski definition) is 4. The molecule has 0 unspecified atom stereocenters. The van der Waals surface area contributed by atoms with Gasteiger partial charge in [0, 0.05) is 29.1 Å². The molecule has 0 bridgehead atoms. The molecule has 0 spiro atoms. The van der Waals surface area contributed by atoms with Crippen LogP contribution in [-0.4, -0.2) is 24.6 Å². The fourth-order valence-electron chi connectivity index (χ4n) is 1.36. The molecule has 0 atom stereocenters. The monoisotopic (exact) mass is 237 g/mol. The number of hydrogen-bond donors (Lipinski definition) is 0. The van der Waals surface area contributed by atoms with Crippen molar-refractivity contribution in [1.82, 2.24) is 0 Å². The molecular formula is C14H11N3O. The highest BCUT2D eigenvalue weighted by molar-refractivity contribution is 6.33. The summed E-state index contributed by atoms with van der Waals surface area (Å²) in [5, 5.41) is 1.81. The van der Waals surface area contributed by atoms with E-state index in [-0.39, 0.29) is 5.78 Å². The van der Waals surface area contributed by atoms with Gasteiger partial charge in [0.05, 0.1) is 6.21 Å². The van der Waals surface area contributed by atoms with Crippen LogP contribution in [0, 0.1) is 0 Å². The van der Waals surface area contributed by atoms with Crippen LogP contribution in [0.5, 0.6) is 0 Å². The Hall–Kier alpha value is -2.62. The molecule has 1 aromatic rings. The first-order chi connectivity index (χ1) is 8.86. The maximum absolute atomic E-state index is 11.3. The normalized spacial score (nSPS) is 20.3. The SMILES string of the molecule is O=C1C=N/C=c2/cccc/c2=C/N=CN=C/C=C\1. The highest BCUT2D eigenvalue weighted by Crippen LogP contribution is 1.79. The van der Waals surface area contributed by atoms with E-state index in [4.69, 9.17) is 0 Å². The van der Waals surface area contributed by atoms with E-state index in [1.807, 2.05) is 24.3 Å². The maximum Gasteiger partial charge on any atom is 0.196 e. The Morgan fingerprint density at radius 1 is 0.889 bits per heavy atom. The Labute approximate surface area is 104 Å². The van der Waals surface area contributed by atoms with Crippen molar-refractivity contribution >= 4 is 37.0 Å². The van der Waals surface area contributed by atoms with Gasteiger partial charge in [-0.15, -0.1) is 0 Å². The highest BCUT2D eigenvalue weighted by Gasteiger charge is 1.87. The molecule has 0 radical (unpaired) electrons. The second-order valence-electron chi connectivity index (χ2n) is 3.49. The molecule has 0 saturated heterocycles. The number of carbonyl (C=O) groups is 1. The van der Waals surface area contributed by atoms with Gasteiger partial charge in [-0.3, -0.25) is 9.79 Å². The lowest BCUT2D eigenvalue weighted by Gasteiger charge is -1.87. The minimum atomic E-state index is -0.185. The van der Waals surface area contributed by atoms with Crippen LogP contribution in [0.15, 0.2) is 51.4 Å². The quantitative estimate of drug-likeness (QED) is 0.647. The van der Waals surface area contributed by atoms with E-state index in [0.29, 0.717) is 0 Å². The fourth-order valence-corrected chi connectivity index (χ4v) is 1.36. The zero-order valence-corrected chi connectivity index (χ0v) is 9.60. The third-order valence-electron chi connectivity index (χ3n) is 2.19. The molecule has 4 heteroatoms. The van der Waals surface area contributed by atoms with Crippen LogP contribution in [0.3, 0.4) is 0 Å². The summed E-state index contributed by atoms with van der Waals surface area (Å²) in [6, 6.07) is 7.64. The molecule has 0 amide bonds. The van der Waals surface area contributed by atoms with Crippen LogP contribution >= 0.6 is 0 Å². The van der Waals surface area contributed by atoms with Crippen molar-refractivity contribution in [1.29, 1.82) is 0 Å². The third-order valence-corrected chi connectivity index (χ3v) is 2.19. The van der Waals surface area contributed by atoms with E-state index in [2.05, 4.69) is 15.0 Å². The lowest BCUT2D eigenvalue weighted by atomic mass is 10.2. The van der Waals surface area contributed by atoms with Crippen LogP contribution in [0.4, 0.5) is 0 Å². The van der Waals surface area contributed by atoms with E-state index < -0.39 is 0 Å². The van der Waals surface area contributed by atoms with Gasteiger partial charge in [0.25, 0.3) is 0 Å². The van der Waals surface area contributed by atoms with Gasteiger partial charge in [-0.05, 0) is 12.2 Å². The first-order valence-electron chi connectivity index (χ1n) is 5.40. The van der Waals surface area contributed by atoms with E-state index in [1.165, 1.54) is 24.8 Å². The van der Waals surface area contributed by atoms with Crippen molar-refractivity contribution in [3.63, 3.8) is 0 Å². The zero-order valence-electron chi connectivity index (χ0n) is 9.60. The summed E-state index contributed by atoms with van der Waals surface area (Å²) in [4.78, 5) is 23.3. The summed E-state index contributed by atoms with van der Waals surface area (Å²) in [5.41, 5.74) is 0. The van der Waals surface area contributed by atoms with Gasteiger partial charge in [0.15, 0.2) is 5.78 Å². The summed E-state index contributed by atoms with van der Waals surface area (Å²) in [6.07, 6.45) is 10.4. The summed E-state index contributed by atoms with van der Waals surface area (Å²) >= 11 is 0. The lowest BCUT2D eigenvalue weighted by molar-refractivity contribution is -0.108. The topological polar surface area (TPSA) is 54.1 Å². The molecule has 1 aromatic carbocycles. The third kappa shape index (κ3) is 3.45. The summed E-state index contributed by atoms with van der Waals surface area (Å²) < 4.78 is 0. The van der Waals surface area contributed by atoms with Crippen LogP contribution in [-0.2, 0) is 4.79 Å². The molecule has 0 N–H and O–H groups in total. The summed E-state index contributed by atoms with van der Waals surface area (Å²) in [7, 11) is 0. The predicted octanol–water partition coefficient (Wildman–Crippen LogP) is 0.471. The van der Waals surface area contributed by atoms with Crippen molar-refractivity contribution < 1.29 is 4.79 Å². The Kier molecular flexibility index (Phi) is 4.08. The average Bonchev–Trinajstić information content (AvgIpc) is 2.40. The number of fused-ring (bicyclic) bond motifs is 1. The van der Waals surface area contributed by atoms with Gasteiger partial charge < -0.3 is 0 Å². The Morgan fingerprint density at radius 3 is 2.39 bits per heavy atom. The zero-order chi connectivity index (χ0) is 12.6. The van der Waals surface area contributed by atoms with E-state index in [9.17, 15) is 4.79 Å². The molecule has 0 aliphatic carbocycles. The predicted molar refractivity (Wildman–Crippen MR) is 74.2 cm³/mol. The Balaban J connectivity index is 2.54. The number of ketones is 1. The first kappa shape index (κ1) is 11.9. The number of nitrogens with zero attached hydrogens (tertiary/aromatic N) is 3. The van der Waals surface area contributed by atoms with E-state index in [1.54, 1.807) is 18.5 Å². The molecule has 88 valence electrons. The van der Waals surface area contributed by atoms with E-state index in [0.717, 1.165) is 10.4 Å². The molecule has 0 saturated carbocycles. The van der Waals surface area contributed by atoms with Crippen molar-refractivity contribution in [3.05, 3.63) is 46.9 Å². The number of benzene rings is 1. The van der Waals surface area contributed by atoms with Crippen LogP contribution in [0.25, 0.3) is 12.4 Å². The van der Waals surface area contributed by atoms with Crippen molar-refractivity contribution in [2.45, 2.75) is 0 Å². The number of aliphatic imine (C=N–C) groups is 3. The molecule has 0 fully saturated rings. The minimum Gasteiger partial charge on any atom is -0.288 e. The Bertz CT molecular complexity index is 667. The van der Waals surface area contributed by atoms with Gasteiger partial charge in [-0.25, -0.2) is 9.98 Å². The minimum absolute atomic E-state index is 0.185. The molecule has 18 heavy (non-hydrogen) atoms. The maximum atomic E-state index is 11.3. The van der Waals surface area contributed by atoms with Crippen molar-refractivity contribution in [2.24, 2.45) is 15.0 Å². The molecular weight excluding hydrogens is 226 g/mol. The molecule has 2 rings (SSSR count). The van der Waals surface area contributed by atoms with Gasteiger partial charge in [-0.1, -0.05) is 24.3 Å². The smallest absolute Gasteiger partial charge is 0.196 e. The van der Waals surface area contributed by atoms with Crippen LogP contribution in [0.2, 0.25) is 0 Å². The average molecular weight is 237 g/mol. The van der Waals surface area contributed by atoms with Crippen molar-refractivity contribution in [2.75, 3.05) is 0 Å². The standard InChI is InChI=1S/C14H11N3O/c18-14-6-3-7-15-11-17-9-13-5-2-1-4-12(13)8-16-10-14/h1-11H/b6-3-,12-8-,13-9-,15-7?,16-10?,17-11?. The second kappa shape index (κ2) is 6.20. The molecule has 1 aliphatic rings. The summed E-state index contributed by atoms with van der Waals surface area (Å²) in [5.74, 6) is -0.185. The number of carbonyl (C=O) groups excluding carboxylic acids is 1. The summed E-state index contributed by atoms with van der Waals surface area (Å²) in [6.45, 7) is 0. The number of allylic oxidation sites excluding steroid dienone is 2. The molecule has 1 aliphatic heterocycles. The van der Waals surface area contributed by atoms with Crippen LogP contribution < -0.4 is 10.4 Å². The fraction of sp³-hybridized carbons (Fsp3) is 0. The van der Waals surface area contributed by atoms with Crippen LogP contribution in [0.1, 0.15) is 0 Å². The first-order valence-corrected chi connectivity index (χ1v) is 5.40. The lowest BCUT2D eigenvalue weighted by Crippen LogP contribution is -2.22. The van der Waals surface area contributed by atoms with Gasteiger partial charge in [-0.2, -0.15) is 0 Å². The second-order valence-corrected chi connectivity index (χ2v) is 3.49. The largest absolute Gasteiger partial charge is 0.288 e. The van der Waals surface area contributed by atoms with Gasteiger partial charge in [0.2, 0.25) is 0 Å². The molecule has 4 nitrogen and oxygen atoms in total. The highest BCUT2D eigenvalue weighted by atomic mass is 16.1. The Morgan fingerprint density at radius 2 is 1.61 bits per heavy atom. The van der Waals surface area contributed by atoms with E-state index >= 15 is 0 Å². The molecule has 0 aromatic heterocycles.